The molecule has 0 fully saturated rings. The second-order valence-corrected chi connectivity index (χ2v) is 3.73. The largest absolute Gasteiger partial charge is 0.200 e. The van der Waals surface area contributed by atoms with E-state index in [4.69, 9.17) is 0 Å². The van der Waals surface area contributed by atoms with Crippen molar-refractivity contribution in [2.75, 3.05) is 0 Å². The fourth-order valence-corrected chi connectivity index (χ4v) is 1.21. The molecule has 0 spiro atoms. The summed E-state index contributed by atoms with van der Waals surface area (Å²) >= 11 is 0. The third-order valence-corrected chi connectivity index (χ3v) is 2.00. The molecule has 0 amide bonds. The summed E-state index contributed by atoms with van der Waals surface area (Å²) in [6.45, 7) is 9.06. The van der Waals surface area contributed by atoms with Crippen molar-refractivity contribution in [3.8, 4) is 22.9 Å². The molecule has 0 aromatic rings. The zero-order valence-electron chi connectivity index (χ0n) is 6.15. The minimum absolute atomic E-state index is 1.10. The molecule has 0 saturated carbocycles. The molecule has 10 heavy (non-hydrogen) atoms. The number of hydrogen-bond donors (Lipinski definition) is 0. The van der Waals surface area contributed by atoms with Crippen LogP contribution in [0.3, 0.4) is 0 Å². The van der Waals surface area contributed by atoms with E-state index in [1.165, 1.54) is 0 Å². The average molecular weight is 146 g/mol. The minimum Gasteiger partial charge on any atom is -0.115 e. The standard InChI is InChI=1S/C9H10Si/c1-4-6-8-10(3)9-7-5-2/h4-5,10H,1-2H2,3H3. The Morgan fingerprint density at radius 1 is 1.10 bits per heavy atom. The summed E-state index contributed by atoms with van der Waals surface area (Å²) in [5.74, 6) is 5.59. The molecule has 50 valence electrons. The number of rotatable bonds is 0. The maximum absolute atomic E-state index is 3.49. The third-order valence-electron chi connectivity index (χ3n) is 0.804. The first kappa shape index (κ1) is 8.82. The molecule has 0 aromatic heterocycles. The first-order valence-corrected chi connectivity index (χ1v) is 5.36. The third kappa shape index (κ3) is 4.96. The van der Waals surface area contributed by atoms with Gasteiger partial charge in [-0.05, 0) is 12.2 Å². The van der Waals surface area contributed by atoms with E-state index in [0.29, 0.717) is 0 Å². The highest BCUT2D eigenvalue weighted by atomic mass is 28.3. The van der Waals surface area contributed by atoms with Gasteiger partial charge < -0.3 is 0 Å². The van der Waals surface area contributed by atoms with Crippen LogP contribution in [0.15, 0.2) is 25.3 Å². The topological polar surface area (TPSA) is 0 Å². The fourth-order valence-electron chi connectivity index (χ4n) is 0.404. The molecule has 0 N–H and O–H groups in total. The SMILES string of the molecule is C=CC#C[SiH](C)C#CC=C. The molecule has 0 rings (SSSR count). The van der Waals surface area contributed by atoms with Gasteiger partial charge in [0, 0.05) is 0 Å². The summed E-state index contributed by atoms with van der Waals surface area (Å²) < 4.78 is 0. The normalized spacial score (nSPS) is 6.60. The van der Waals surface area contributed by atoms with E-state index in [1.807, 2.05) is 0 Å². The maximum Gasteiger partial charge on any atom is 0.200 e. The van der Waals surface area contributed by atoms with Gasteiger partial charge in [0.2, 0.25) is 0 Å². The van der Waals surface area contributed by atoms with Gasteiger partial charge in [-0.3, -0.25) is 0 Å². The molecule has 0 aromatic carbocycles. The second kappa shape index (κ2) is 5.94. The van der Waals surface area contributed by atoms with Crippen molar-refractivity contribution in [2.24, 2.45) is 0 Å². The lowest BCUT2D eigenvalue weighted by Crippen LogP contribution is -1.98. The van der Waals surface area contributed by atoms with Crippen molar-refractivity contribution in [3.63, 3.8) is 0 Å². The number of hydrogen-bond acceptors (Lipinski definition) is 0. The van der Waals surface area contributed by atoms with E-state index < -0.39 is 8.80 Å². The van der Waals surface area contributed by atoms with E-state index in [1.54, 1.807) is 12.2 Å². The van der Waals surface area contributed by atoms with E-state index in [-0.39, 0.29) is 0 Å². The van der Waals surface area contributed by atoms with Crippen LogP contribution in [-0.4, -0.2) is 8.80 Å². The highest BCUT2D eigenvalue weighted by Gasteiger charge is 1.87. The maximum atomic E-state index is 3.49. The molecular weight excluding hydrogens is 136 g/mol. The van der Waals surface area contributed by atoms with Gasteiger partial charge in [-0.1, -0.05) is 31.5 Å². The van der Waals surface area contributed by atoms with Crippen molar-refractivity contribution in [3.05, 3.63) is 25.3 Å². The fraction of sp³-hybridized carbons (Fsp3) is 0.111. The smallest absolute Gasteiger partial charge is 0.115 e. The summed E-state index contributed by atoms with van der Waals surface area (Å²) in [7, 11) is -1.10. The average Bonchev–Trinajstić information content (AvgIpc) is 1.97. The quantitative estimate of drug-likeness (QED) is 0.357. The molecule has 0 aliphatic heterocycles. The first-order chi connectivity index (χ1) is 4.81. The molecule has 1 heteroatoms. The van der Waals surface area contributed by atoms with Crippen LogP contribution in [0.5, 0.6) is 0 Å². The monoisotopic (exact) mass is 146 g/mol. The van der Waals surface area contributed by atoms with E-state index in [2.05, 4.69) is 42.6 Å². The van der Waals surface area contributed by atoms with E-state index in [9.17, 15) is 0 Å². The number of allylic oxidation sites excluding steroid dienone is 2. The van der Waals surface area contributed by atoms with Crippen LogP contribution in [0.25, 0.3) is 0 Å². The molecule has 0 saturated heterocycles. The Balaban J connectivity index is 3.96. The Kier molecular flexibility index (Phi) is 5.24. The van der Waals surface area contributed by atoms with Gasteiger partial charge in [0.15, 0.2) is 8.80 Å². The highest BCUT2D eigenvalue weighted by molar-refractivity contribution is 6.74. The van der Waals surface area contributed by atoms with Crippen LogP contribution in [0.4, 0.5) is 0 Å². The van der Waals surface area contributed by atoms with Crippen LogP contribution >= 0.6 is 0 Å². The van der Waals surface area contributed by atoms with Gasteiger partial charge in [-0.15, -0.1) is 11.1 Å². The summed E-state index contributed by atoms with van der Waals surface area (Å²) in [6, 6.07) is 0. The lowest BCUT2D eigenvalue weighted by Gasteiger charge is -1.81. The molecule has 0 aliphatic carbocycles. The molecule has 0 heterocycles. The zero-order valence-corrected chi connectivity index (χ0v) is 7.30. The van der Waals surface area contributed by atoms with Crippen molar-refractivity contribution in [1.29, 1.82) is 0 Å². The molecule has 0 aliphatic rings. The molecular formula is C9H10Si. The molecule has 0 radical (unpaired) electrons. The predicted octanol–water partition coefficient (Wildman–Crippen LogP) is 1.30. The second-order valence-electron chi connectivity index (χ2n) is 1.71. The van der Waals surface area contributed by atoms with Crippen molar-refractivity contribution in [1.82, 2.24) is 0 Å². The van der Waals surface area contributed by atoms with E-state index in [0.717, 1.165) is 0 Å². The Morgan fingerprint density at radius 2 is 1.50 bits per heavy atom. The minimum atomic E-state index is -1.10. The molecule has 0 bridgehead atoms. The summed E-state index contributed by atoms with van der Waals surface area (Å²) in [5, 5.41) is 0. The van der Waals surface area contributed by atoms with Crippen molar-refractivity contribution in [2.45, 2.75) is 6.55 Å². The van der Waals surface area contributed by atoms with Gasteiger partial charge in [0.05, 0.1) is 0 Å². The van der Waals surface area contributed by atoms with Crippen LogP contribution in [0.1, 0.15) is 0 Å². The Bertz CT molecular complexity index is 203. The van der Waals surface area contributed by atoms with Gasteiger partial charge in [-0.25, -0.2) is 0 Å². The molecule has 0 unspecified atom stereocenters. The summed E-state index contributed by atoms with van der Waals surface area (Å²) in [6.07, 6.45) is 3.19. The van der Waals surface area contributed by atoms with E-state index >= 15 is 0 Å². The predicted molar refractivity (Wildman–Crippen MR) is 49.0 cm³/mol. The lowest BCUT2D eigenvalue weighted by atomic mass is 10.7. The van der Waals surface area contributed by atoms with Crippen LogP contribution in [0, 0.1) is 22.9 Å². The van der Waals surface area contributed by atoms with Crippen LogP contribution in [0.2, 0.25) is 6.55 Å². The molecule has 0 nitrogen and oxygen atoms in total. The van der Waals surface area contributed by atoms with Crippen molar-refractivity contribution >= 4 is 8.80 Å². The van der Waals surface area contributed by atoms with Gasteiger partial charge in [0.25, 0.3) is 0 Å². The van der Waals surface area contributed by atoms with Gasteiger partial charge in [0.1, 0.15) is 0 Å². The lowest BCUT2D eigenvalue weighted by molar-refractivity contribution is 2.18. The Labute approximate surface area is 64.3 Å². The zero-order chi connectivity index (χ0) is 7.82. The molecule has 0 atom stereocenters. The van der Waals surface area contributed by atoms with Crippen LogP contribution < -0.4 is 0 Å². The summed E-state index contributed by atoms with van der Waals surface area (Å²) in [4.78, 5) is 0. The van der Waals surface area contributed by atoms with Crippen LogP contribution in [-0.2, 0) is 0 Å². The Hall–Kier alpha value is -1.18. The highest BCUT2D eigenvalue weighted by Crippen LogP contribution is 1.74. The van der Waals surface area contributed by atoms with Gasteiger partial charge in [-0.2, -0.15) is 0 Å². The van der Waals surface area contributed by atoms with Gasteiger partial charge >= 0.3 is 0 Å². The van der Waals surface area contributed by atoms with Crippen molar-refractivity contribution < 1.29 is 0 Å². The first-order valence-electron chi connectivity index (χ1n) is 3.05. The Morgan fingerprint density at radius 3 is 1.80 bits per heavy atom. The summed E-state index contributed by atoms with van der Waals surface area (Å²) in [5.41, 5.74) is 6.03.